The normalized spacial score (nSPS) is 28.7. The van der Waals surface area contributed by atoms with Crippen molar-refractivity contribution in [3.05, 3.63) is 12.2 Å². The Labute approximate surface area is 95.3 Å². The first-order chi connectivity index (χ1) is 7.17. The minimum absolute atomic E-state index is 0.664. The van der Waals surface area contributed by atoms with Crippen molar-refractivity contribution in [3.63, 3.8) is 0 Å². The largest absolute Gasteiger partial charge is 0.316 e. The van der Waals surface area contributed by atoms with Gasteiger partial charge < -0.3 is 5.32 Å². The second kappa shape index (κ2) is 6.32. The molecule has 1 nitrogen and oxygen atoms in total. The van der Waals surface area contributed by atoms with E-state index in [0.29, 0.717) is 6.04 Å². The van der Waals surface area contributed by atoms with Crippen LogP contribution in [0, 0.1) is 11.8 Å². The van der Waals surface area contributed by atoms with Crippen LogP contribution < -0.4 is 5.32 Å². The van der Waals surface area contributed by atoms with Crippen LogP contribution in [-0.4, -0.2) is 13.1 Å². The highest BCUT2D eigenvalue weighted by Crippen LogP contribution is 2.34. The van der Waals surface area contributed by atoms with E-state index in [4.69, 9.17) is 0 Å². The van der Waals surface area contributed by atoms with Crippen LogP contribution in [0.25, 0.3) is 0 Å². The summed E-state index contributed by atoms with van der Waals surface area (Å²) in [7, 11) is 2.10. The third-order valence-electron chi connectivity index (χ3n) is 3.91. The number of nitrogens with one attached hydrogen (secondary N) is 1. The van der Waals surface area contributed by atoms with Gasteiger partial charge in [0.05, 0.1) is 0 Å². The van der Waals surface area contributed by atoms with Crippen LogP contribution in [0.2, 0.25) is 0 Å². The summed E-state index contributed by atoms with van der Waals surface area (Å²) in [5.74, 6) is 1.86. The van der Waals surface area contributed by atoms with Crippen molar-refractivity contribution in [2.75, 3.05) is 7.05 Å². The Hall–Kier alpha value is -0.300. The number of rotatable bonds is 5. The van der Waals surface area contributed by atoms with Gasteiger partial charge in [-0.05, 0) is 45.1 Å². The van der Waals surface area contributed by atoms with E-state index in [0.717, 1.165) is 18.3 Å². The fourth-order valence-electron chi connectivity index (χ4n) is 2.95. The van der Waals surface area contributed by atoms with Crippen molar-refractivity contribution in [2.24, 2.45) is 11.8 Å². The topological polar surface area (TPSA) is 12.0 Å². The average Bonchev–Trinajstić information content (AvgIpc) is 2.25. The van der Waals surface area contributed by atoms with E-state index in [1.807, 2.05) is 0 Å². The van der Waals surface area contributed by atoms with Gasteiger partial charge in [0.2, 0.25) is 0 Å². The fourth-order valence-corrected chi connectivity index (χ4v) is 2.95. The van der Waals surface area contributed by atoms with Crippen molar-refractivity contribution in [1.82, 2.24) is 5.32 Å². The Kier molecular flexibility index (Phi) is 5.38. The van der Waals surface area contributed by atoms with E-state index in [1.165, 1.54) is 37.7 Å². The third kappa shape index (κ3) is 3.98. The Bertz CT molecular complexity index is 198. The third-order valence-corrected chi connectivity index (χ3v) is 3.91. The predicted molar refractivity (Wildman–Crippen MR) is 68.0 cm³/mol. The quantitative estimate of drug-likeness (QED) is 0.680. The van der Waals surface area contributed by atoms with Gasteiger partial charge in [-0.1, -0.05) is 31.8 Å². The molecule has 0 radical (unpaired) electrons. The van der Waals surface area contributed by atoms with Gasteiger partial charge in [0.1, 0.15) is 0 Å². The highest BCUT2D eigenvalue weighted by atomic mass is 14.9. The maximum atomic E-state index is 4.04. The molecule has 0 spiro atoms. The molecule has 0 amide bonds. The molecule has 1 saturated carbocycles. The molecule has 15 heavy (non-hydrogen) atoms. The first-order valence-corrected chi connectivity index (χ1v) is 6.49. The van der Waals surface area contributed by atoms with Gasteiger partial charge in [-0.2, -0.15) is 0 Å². The van der Waals surface area contributed by atoms with Crippen molar-refractivity contribution in [2.45, 2.75) is 58.4 Å². The van der Waals surface area contributed by atoms with Gasteiger partial charge in [0.25, 0.3) is 0 Å². The van der Waals surface area contributed by atoms with Gasteiger partial charge in [-0.25, -0.2) is 0 Å². The van der Waals surface area contributed by atoms with Gasteiger partial charge in [0, 0.05) is 6.04 Å². The lowest BCUT2D eigenvalue weighted by molar-refractivity contribution is 0.212. The minimum atomic E-state index is 0.664. The average molecular weight is 209 g/mol. The molecule has 1 N–H and O–H groups in total. The van der Waals surface area contributed by atoms with Crippen LogP contribution in [0.15, 0.2) is 12.2 Å². The molecule has 88 valence electrons. The first-order valence-electron chi connectivity index (χ1n) is 6.49. The molecule has 0 saturated heterocycles. The summed E-state index contributed by atoms with van der Waals surface area (Å²) in [6.45, 7) is 8.51. The van der Waals surface area contributed by atoms with Crippen molar-refractivity contribution >= 4 is 0 Å². The lowest BCUT2D eigenvalue weighted by atomic mass is 9.75. The summed E-state index contributed by atoms with van der Waals surface area (Å²) in [5.41, 5.74) is 1.31. The molecular weight excluding hydrogens is 182 g/mol. The Morgan fingerprint density at radius 2 is 2.20 bits per heavy atom. The molecule has 1 rings (SSSR count). The van der Waals surface area contributed by atoms with Crippen LogP contribution in [0.3, 0.4) is 0 Å². The Balaban J connectivity index is 2.47. The monoisotopic (exact) mass is 209 g/mol. The summed E-state index contributed by atoms with van der Waals surface area (Å²) in [6.07, 6.45) is 8.23. The van der Waals surface area contributed by atoms with Crippen LogP contribution in [0.1, 0.15) is 52.4 Å². The van der Waals surface area contributed by atoms with Gasteiger partial charge in [-0.15, -0.1) is 6.58 Å². The Morgan fingerprint density at radius 3 is 2.73 bits per heavy atom. The van der Waals surface area contributed by atoms with E-state index in [9.17, 15) is 0 Å². The highest BCUT2D eigenvalue weighted by Gasteiger charge is 2.26. The SMILES string of the molecule is C=C(C)CC(NC)C1CCCC(CC)C1. The fraction of sp³-hybridized carbons (Fsp3) is 0.857. The van der Waals surface area contributed by atoms with E-state index >= 15 is 0 Å². The molecule has 0 aromatic heterocycles. The molecular formula is C14H27N. The zero-order chi connectivity index (χ0) is 11.3. The van der Waals surface area contributed by atoms with E-state index in [-0.39, 0.29) is 0 Å². The predicted octanol–water partition coefficient (Wildman–Crippen LogP) is 3.76. The lowest BCUT2D eigenvalue weighted by Gasteiger charge is -2.34. The summed E-state index contributed by atoms with van der Waals surface area (Å²) in [6, 6.07) is 0.664. The Morgan fingerprint density at radius 1 is 1.47 bits per heavy atom. The lowest BCUT2D eigenvalue weighted by Crippen LogP contribution is -2.36. The van der Waals surface area contributed by atoms with Crippen molar-refractivity contribution < 1.29 is 0 Å². The van der Waals surface area contributed by atoms with Crippen LogP contribution in [-0.2, 0) is 0 Å². The molecule has 0 heterocycles. The van der Waals surface area contributed by atoms with E-state index in [2.05, 4.69) is 32.8 Å². The van der Waals surface area contributed by atoms with Gasteiger partial charge in [0.15, 0.2) is 0 Å². The highest BCUT2D eigenvalue weighted by molar-refractivity contribution is 4.95. The molecule has 3 unspecified atom stereocenters. The maximum Gasteiger partial charge on any atom is 0.0129 e. The molecule has 1 aliphatic rings. The van der Waals surface area contributed by atoms with Gasteiger partial charge in [-0.3, -0.25) is 0 Å². The molecule has 1 heteroatoms. The van der Waals surface area contributed by atoms with Crippen molar-refractivity contribution in [1.29, 1.82) is 0 Å². The zero-order valence-electron chi connectivity index (χ0n) is 10.7. The summed E-state index contributed by atoms with van der Waals surface area (Å²) < 4.78 is 0. The van der Waals surface area contributed by atoms with E-state index in [1.54, 1.807) is 0 Å². The molecule has 1 fully saturated rings. The summed E-state index contributed by atoms with van der Waals surface area (Å²) in [4.78, 5) is 0. The minimum Gasteiger partial charge on any atom is -0.316 e. The molecule has 0 aliphatic heterocycles. The second-order valence-electron chi connectivity index (χ2n) is 5.26. The van der Waals surface area contributed by atoms with Crippen LogP contribution in [0.5, 0.6) is 0 Å². The second-order valence-corrected chi connectivity index (χ2v) is 5.26. The van der Waals surface area contributed by atoms with E-state index < -0.39 is 0 Å². The molecule has 1 aliphatic carbocycles. The molecule has 0 aromatic carbocycles. The zero-order valence-corrected chi connectivity index (χ0v) is 10.7. The molecule has 3 atom stereocenters. The molecule has 0 aromatic rings. The van der Waals surface area contributed by atoms with Gasteiger partial charge >= 0.3 is 0 Å². The van der Waals surface area contributed by atoms with Crippen LogP contribution in [0.4, 0.5) is 0 Å². The first kappa shape index (κ1) is 12.8. The standard InChI is InChI=1S/C14H27N/c1-5-12-7-6-8-13(10-12)14(15-4)9-11(2)3/h12-15H,2,5-10H2,1,3-4H3. The number of hydrogen-bond acceptors (Lipinski definition) is 1. The number of hydrogen-bond donors (Lipinski definition) is 1. The van der Waals surface area contributed by atoms with Crippen molar-refractivity contribution in [3.8, 4) is 0 Å². The smallest absolute Gasteiger partial charge is 0.0129 e. The summed E-state index contributed by atoms with van der Waals surface area (Å²) >= 11 is 0. The van der Waals surface area contributed by atoms with Crippen LogP contribution >= 0.6 is 0 Å². The summed E-state index contributed by atoms with van der Waals surface area (Å²) in [5, 5.41) is 3.49. The molecule has 0 bridgehead atoms. The maximum absolute atomic E-state index is 4.04.